The van der Waals surface area contributed by atoms with Crippen molar-refractivity contribution in [2.24, 2.45) is 0 Å². The molecule has 0 saturated carbocycles. The Bertz CT molecular complexity index is 633. The van der Waals surface area contributed by atoms with Gasteiger partial charge in [-0.05, 0) is 19.8 Å². The molecule has 0 spiro atoms. The summed E-state index contributed by atoms with van der Waals surface area (Å²) in [7, 11) is -2.76. The van der Waals surface area contributed by atoms with Gasteiger partial charge in [0, 0.05) is 19.2 Å². The highest BCUT2D eigenvalue weighted by Gasteiger charge is 2.32. The van der Waals surface area contributed by atoms with E-state index in [0.717, 1.165) is 19.3 Å². The molecule has 0 aromatic carbocycles. The Morgan fingerprint density at radius 2 is 1.55 bits per heavy atom. The highest BCUT2D eigenvalue weighted by molar-refractivity contribution is 7.47. The summed E-state index contributed by atoms with van der Waals surface area (Å²) in [5.41, 5.74) is 0. The average molecular weight is 489 g/mol. The molecule has 0 aliphatic heterocycles. The number of methoxy groups -OCH3 is 1. The number of hydrogen-bond donors (Lipinski definition) is 1. The summed E-state index contributed by atoms with van der Waals surface area (Å²) in [6.07, 6.45) is 15.3. The van der Waals surface area contributed by atoms with Crippen molar-refractivity contribution in [1.82, 2.24) is 0 Å². The quantitative estimate of drug-likeness (QED) is 0.0963. The number of ether oxygens (including phenoxy) is 2. The van der Waals surface area contributed by atoms with Crippen molar-refractivity contribution in [3.05, 3.63) is 30.6 Å². The number of nitrogens with zero attached hydrogens (tertiary/aromatic N) is 1. The van der Waals surface area contributed by atoms with E-state index in [2.05, 4.69) is 13.8 Å². The minimum Gasteiger partial charge on any atom is -0.376 e. The topological polar surface area (TPSA) is 78.1 Å². The average Bonchev–Trinajstić information content (AvgIpc) is 2.81. The molecule has 1 aromatic rings. The van der Waals surface area contributed by atoms with Gasteiger partial charge in [0.2, 0.25) is 0 Å². The molecule has 1 aromatic heterocycles. The molecule has 0 fully saturated rings. The van der Waals surface area contributed by atoms with Crippen LogP contribution in [0.15, 0.2) is 30.6 Å². The Hall–Kier alpha value is -0.820. The van der Waals surface area contributed by atoms with Crippen LogP contribution in [0.25, 0.3) is 0 Å². The molecule has 0 amide bonds. The van der Waals surface area contributed by atoms with Gasteiger partial charge in [-0.2, -0.15) is 0 Å². The zero-order chi connectivity index (χ0) is 24.4. The number of pyridine rings is 1. The van der Waals surface area contributed by atoms with Gasteiger partial charge in [0.1, 0.15) is 12.7 Å². The Morgan fingerprint density at radius 1 is 0.939 bits per heavy atom. The third-order valence-corrected chi connectivity index (χ3v) is 6.77. The van der Waals surface area contributed by atoms with E-state index in [0.29, 0.717) is 6.54 Å². The molecule has 0 aliphatic rings. The summed E-state index contributed by atoms with van der Waals surface area (Å²) in [4.78, 5) is 10.2. The van der Waals surface area contributed by atoms with Crippen LogP contribution in [0, 0.1) is 0 Å². The van der Waals surface area contributed by atoms with E-state index in [-0.39, 0.29) is 12.7 Å². The van der Waals surface area contributed by atoms with Crippen LogP contribution in [-0.4, -0.2) is 37.1 Å². The molecule has 4 atom stereocenters. The molecule has 7 nitrogen and oxygen atoms in total. The lowest BCUT2D eigenvalue weighted by atomic mass is 10.0. The zero-order valence-electron chi connectivity index (χ0n) is 21.2. The van der Waals surface area contributed by atoms with E-state index in [1.165, 1.54) is 58.5 Å². The van der Waals surface area contributed by atoms with Crippen LogP contribution in [0.5, 0.6) is 0 Å². The van der Waals surface area contributed by atoms with Crippen LogP contribution in [0.2, 0.25) is 0 Å². The lowest BCUT2D eigenvalue weighted by molar-refractivity contribution is -0.697. The summed E-state index contributed by atoms with van der Waals surface area (Å²) in [6.45, 7) is 6.55. The van der Waals surface area contributed by atoms with Gasteiger partial charge in [0.15, 0.2) is 25.2 Å². The number of rotatable bonds is 21. The molecule has 0 bridgehead atoms. The summed E-state index contributed by atoms with van der Waals surface area (Å²) in [6, 6.07) is 5.68. The Morgan fingerprint density at radius 3 is 2.12 bits per heavy atom. The molecule has 8 heteroatoms. The van der Waals surface area contributed by atoms with Crippen LogP contribution >= 0.6 is 7.82 Å². The van der Waals surface area contributed by atoms with Crippen molar-refractivity contribution < 1.29 is 32.5 Å². The fourth-order valence-corrected chi connectivity index (χ4v) is 4.44. The van der Waals surface area contributed by atoms with Gasteiger partial charge in [0.05, 0.1) is 6.10 Å². The molecule has 0 aliphatic carbocycles. The molecule has 3 unspecified atom stereocenters. The summed E-state index contributed by atoms with van der Waals surface area (Å²) in [5, 5.41) is 0. The first kappa shape index (κ1) is 30.2. The molecule has 1 heterocycles. The summed E-state index contributed by atoms with van der Waals surface area (Å²) < 4.78 is 36.3. The lowest BCUT2D eigenvalue weighted by Crippen LogP contribution is -2.36. The second-order valence-corrected chi connectivity index (χ2v) is 10.0. The number of unbranched alkanes of at least 4 members (excludes halogenated alkanes) is 8. The third-order valence-electron chi connectivity index (χ3n) is 5.78. The smallest absolute Gasteiger partial charge is 0.376 e. The molecule has 33 heavy (non-hydrogen) atoms. The molecule has 0 radical (unpaired) electrons. The largest absolute Gasteiger partial charge is 0.474 e. The van der Waals surface area contributed by atoms with Crippen molar-refractivity contribution in [3.63, 3.8) is 0 Å². The number of hydrogen-bond acceptors (Lipinski definition) is 5. The standard InChI is InChI=1S/C25H46NO6P/c1-5-7-8-9-10-11-12-13-15-18-24(6-2)31-25(23(3)29-4)32-33(27,28)30-22-21-26-19-16-14-17-20-26/h14,16-17,19-20,23-25H,5-13,15,18,21-22H2,1-4H3/p+1/t23-,24?,25?/m0/s1. The Labute approximate surface area is 201 Å². The van der Waals surface area contributed by atoms with Crippen molar-refractivity contribution in [1.29, 1.82) is 0 Å². The van der Waals surface area contributed by atoms with E-state index < -0.39 is 20.2 Å². The fraction of sp³-hybridized carbons (Fsp3) is 0.800. The lowest BCUT2D eigenvalue weighted by Gasteiger charge is -2.28. The SMILES string of the molecule is CCCCCCCCCCCC(CC)OC(OP(=O)(O)OCC[n+]1ccccc1)[C@H](C)OC. The molecular weight excluding hydrogens is 441 g/mol. The van der Waals surface area contributed by atoms with Gasteiger partial charge in [0.25, 0.3) is 0 Å². The first-order valence-corrected chi connectivity index (χ1v) is 14.2. The predicted octanol–water partition coefficient (Wildman–Crippen LogP) is 6.18. The first-order chi connectivity index (χ1) is 15.9. The highest BCUT2D eigenvalue weighted by atomic mass is 31.2. The van der Waals surface area contributed by atoms with Crippen molar-refractivity contribution in [2.45, 2.75) is 116 Å². The molecule has 0 saturated heterocycles. The number of phosphoric ester groups is 1. The van der Waals surface area contributed by atoms with E-state index >= 15 is 0 Å². The van der Waals surface area contributed by atoms with Gasteiger partial charge < -0.3 is 14.4 Å². The van der Waals surface area contributed by atoms with Crippen molar-refractivity contribution >= 4 is 7.82 Å². The highest BCUT2D eigenvalue weighted by Crippen LogP contribution is 2.45. The van der Waals surface area contributed by atoms with Crippen LogP contribution in [-0.2, 0) is 29.6 Å². The van der Waals surface area contributed by atoms with Gasteiger partial charge in [-0.25, -0.2) is 9.13 Å². The summed E-state index contributed by atoms with van der Waals surface area (Å²) >= 11 is 0. The first-order valence-electron chi connectivity index (χ1n) is 12.7. The Balaban J connectivity index is 2.39. The van der Waals surface area contributed by atoms with Gasteiger partial charge in [-0.3, -0.25) is 9.05 Å². The van der Waals surface area contributed by atoms with E-state index in [9.17, 15) is 9.46 Å². The zero-order valence-corrected chi connectivity index (χ0v) is 22.1. The normalized spacial score (nSPS) is 16.3. The van der Waals surface area contributed by atoms with Crippen molar-refractivity contribution in [2.75, 3.05) is 13.7 Å². The predicted molar refractivity (Wildman–Crippen MR) is 131 cm³/mol. The van der Waals surface area contributed by atoms with Crippen LogP contribution in [0.1, 0.15) is 91.4 Å². The van der Waals surface area contributed by atoms with Crippen LogP contribution in [0.4, 0.5) is 0 Å². The van der Waals surface area contributed by atoms with Crippen LogP contribution < -0.4 is 4.57 Å². The monoisotopic (exact) mass is 488 g/mol. The molecular formula is C25H47NO6P+. The molecule has 1 N–H and O–H groups in total. The molecule has 1 rings (SSSR count). The maximum absolute atomic E-state index is 12.5. The fourth-order valence-electron chi connectivity index (χ4n) is 3.58. The maximum Gasteiger partial charge on any atom is 0.474 e. The van der Waals surface area contributed by atoms with Gasteiger partial charge >= 0.3 is 7.82 Å². The minimum atomic E-state index is -4.29. The molecule has 192 valence electrons. The van der Waals surface area contributed by atoms with Crippen molar-refractivity contribution in [3.8, 4) is 0 Å². The summed E-state index contributed by atoms with van der Waals surface area (Å²) in [5.74, 6) is 0. The van der Waals surface area contributed by atoms with E-state index in [1.54, 1.807) is 6.92 Å². The van der Waals surface area contributed by atoms with Gasteiger partial charge in [-0.1, -0.05) is 77.7 Å². The second-order valence-electron chi connectivity index (χ2n) is 8.61. The van der Waals surface area contributed by atoms with E-state index in [1.807, 2.05) is 35.2 Å². The Kier molecular flexibility index (Phi) is 16.9. The van der Waals surface area contributed by atoms with Crippen LogP contribution in [0.3, 0.4) is 0 Å². The second kappa shape index (κ2) is 18.5. The number of aromatic nitrogens is 1. The van der Waals surface area contributed by atoms with E-state index in [4.69, 9.17) is 18.5 Å². The third kappa shape index (κ3) is 14.9. The van der Waals surface area contributed by atoms with Gasteiger partial charge in [-0.15, -0.1) is 0 Å². The maximum atomic E-state index is 12.5. The minimum absolute atomic E-state index is 0.0478. The number of phosphoric acid groups is 1.